The minimum Gasteiger partial charge on any atom is -0.384 e. The molecule has 6 aromatic heterocycles. The minimum atomic E-state index is -0.684. The molecule has 2 aromatic carbocycles. The molecule has 0 unspecified atom stereocenters. The first-order valence-electron chi connectivity index (χ1n) is 33.1. The van der Waals surface area contributed by atoms with Crippen molar-refractivity contribution in [2.24, 2.45) is 21.7 Å². The van der Waals surface area contributed by atoms with Crippen molar-refractivity contribution in [1.82, 2.24) is 65.5 Å². The Morgan fingerprint density at radius 3 is 1.26 bits per heavy atom. The van der Waals surface area contributed by atoms with Gasteiger partial charge < -0.3 is 76.2 Å². The van der Waals surface area contributed by atoms with Crippen LogP contribution >= 0.6 is 31.9 Å². The SMILES string of the molecule is CN1CC2(C1)CN(c1ccc(Cc3cc(-c4c(F)cccc4F)nc4c3C(=O)NC4)nc1)C2.CN1CC2(C1)CN(c1ccc(N)nc1)C2.CN1CC2(C1)CN(c1ccc([N+](=O)[O-])nc1)C2.CN1CC2(CNC2)C1.O=C1NCc2nc(-c3c(F)cccc3F)cc(Br)c21.O=[N+]([O-])c1ccc(Br)cn1. The number of rotatable bonds is 9. The van der Waals surface area contributed by atoms with Crippen molar-refractivity contribution in [3.05, 3.63) is 208 Å². The summed E-state index contributed by atoms with van der Waals surface area (Å²) < 4.78 is 57.5. The summed E-state index contributed by atoms with van der Waals surface area (Å²) in [6.07, 6.45) is 7.08. The second-order valence-corrected chi connectivity index (χ2v) is 30.3. The van der Waals surface area contributed by atoms with Crippen LogP contribution in [0.3, 0.4) is 0 Å². The number of benzene rings is 2. The van der Waals surface area contributed by atoms with E-state index in [1.165, 1.54) is 119 Å². The van der Waals surface area contributed by atoms with Gasteiger partial charge in [0.1, 0.15) is 29.1 Å². The molecule has 532 valence electrons. The fourth-order valence-electron chi connectivity index (χ4n) is 15.6. The van der Waals surface area contributed by atoms with Crippen LogP contribution in [-0.2, 0) is 19.5 Å². The lowest BCUT2D eigenvalue weighted by Crippen LogP contribution is -2.71. The molecule has 10 aliphatic rings. The first kappa shape index (κ1) is 71.2. The Kier molecular flexibility index (Phi) is 20.2. The summed E-state index contributed by atoms with van der Waals surface area (Å²) in [7, 11) is 8.63. The highest BCUT2D eigenvalue weighted by Crippen LogP contribution is 2.44. The number of nitro groups is 2. The number of hydrogen-bond acceptors (Lipinski definition) is 21. The number of nitrogen functional groups attached to an aromatic ring is 1. The molecule has 31 heteroatoms. The minimum absolute atomic E-state index is 0.0904. The molecule has 8 fully saturated rings. The van der Waals surface area contributed by atoms with Crippen LogP contribution in [0.4, 0.5) is 52.1 Å². The van der Waals surface area contributed by atoms with E-state index in [1.807, 2.05) is 24.5 Å². The van der Waals surface area contributed by atoms with E-state index in [-0.39, 0.29) is 59.1 Å². The fourth-order valence-corrected chi connectivity index (χ4v) is 16.4. The standard InChI is InChI=1S/C25H23F2N5O.C13H7BrF2N2O.C11H14N4O2.C11H16N4.C6H12N2.C5H3BrN2O2/c1-31-11-25(12-31)13-32(14-25)17-6-5-16(28-9-17)7-15-8-20(23-18(26)3-2-4-19(23)27)30-21-10-29-24(33)22(15)21;14-6-4-9(12-7(15)2-1-3-8(12)16)18-10-5-17-13(19)11(6)10;1-13-5-11(6-13)7-14(8-11)9-2-3-10(12-4-9)15(16)17;1-14-5-11(6-14)7-15(8-11)9-2-3-10(12)13-4-9;1-8-4-6(5-8)2-7-3-6;6-4-1-2-5(7-3-4)8(9)10/h2-6,8-9H,7,10-14H2,1H3,(H,29,33);1-4H,5H2,(H,17,19);2-4H,5-8H2,1H3;2-4H,5-8H2,1H3,(H2,12,13);7H,2-5H2,1H3;1-3H. The molecule has 18 rings (SSSR count). The molecule has 0 aliphatic carbocycles. The number of fused-ring (bicyclic) bond motifs is 2. The number of nitrogens with zero attached hydrogens (tertiary/aromatic N) is 15. The molecule has 0 atom stereocenters. The van der Waals surface area contributed by atoms with E-state index in [2.05, 4.69) is 152 Å². The highest BCUT2D eigenvalue weighted by Gasteiger charge is 2.53. The van der Waals surface area contributed by atoms with Crippen LogP contribution in [0, 0.1) is 65.2 Å². The highest BCUT2D eigenvalue weighted by atomic mass is 79.9. The molecule has 10 aliphatic heterocycles. The number of likely N-dealkylation sites (tertiary alicyclic amines) is 4. The van der Waals surface area contributed by atoms with Crippen LogP contribution in [0.1, 0.15) is 43.4 Å². The lowest BCUT2D eigenvalue weighted by Gasteiger charge is -2.60. The topological polar surface area (TPSA) is 283 Å². The molecular weight excluding hydrogens is 1450 g/mol. The van der Waals surface area contributed by atoms with Gasteiger partial charge >= 0.3 is 11.6 Å². The molecule has 2 amide bonds. The van der Waals surface area contributed by atoms with Crippen molar-refractivity contribution in [2.45, 2.75) is 19.5 Å². The Balaban J connectivity index is 0.000000116. The van der Waals surface area contributed by atoms with Crippen LogP contribution in [0.25, 0.3) is 22.5 Å². The zero-order chi connectivity index (χ0) is 72.0. The Hall–Kier alpha value is -9.24. The van der Waals surface area contributed by atoms with E-state index in [1.54, 1.807) is 24.4 Å². The molecule has 8 saturated heterocycles. The maximum absolute atomic E-state index is 14.4. The van der Waals surface area contributed by atoms with E-state index in [0.29, 0.717) is 61.0 Å². The Morgan fingerprint density at radius 2 is 0.892 bits per heavy atom. The van der Waals surface area contributed by atoms with Crippen molar-refractivity contribution in [2.75, 3.05) is 153 Å². The number of carbonyl (C=O) groups excluding carboxylic acids is 2. The van der Waals surface area contributed by atoms with E-state index < -0.39 is 33.1 Å². The molecule has 8 aromatic rings. The van der Waals surface area contributed by atoms with Crippen LogP contribution in [0.2, 0.25) is 0 Å². The molecule has 0 saturated carbocycles. The fraction of sp³-hybridized carbons (Fsp3) is 0.380. The molecule has 0 radical (unpaired) electrons. The summed E-state index contributed by atoms with van der Waals surface area (Å²) in [6, 6.07) is 24.5. The third-order valence-electron chi connectivity index (χ3n) is 19.8. The number of nitrogens with two attached hydrogens (primary N) is 1. The summed E-state index contributed by atoms with van der Waals surface area (Å²) in [4.78, 5) is 84.5. The summed E-state index contributed by atoms with van der Waals surface area (Å²) in [5.74, 6) is -2.83. The predicted octanol–water partition coefficient (Wildman–Crippen LogP) is 8.47. The van der Waals surface area contributed by atoms with Crippen molar-refractivity contribution >= 4 is 78.2 Å². The Labute approximate surface area is 602 Å². The average molecular weight is 1530 g/mol. The molecule has 4 spiro atoms. The molecule has 0 bridgehead atoms. The van der Waals surface area contributed by atoms with E-state index in [0.717, 1.165) is 79.3 Å². The third-order valence-corrected chi connectivity index (χ3v) is 20.9. The summed E-state index contributed by atoms with van der Waals surface area (Å²) in [5, 5.41) is 29.2. The van der Waals surface area contributed by atoms with Gasteiger partial charge in [0.15, 0.2) is 12.4 Å². The van der Waals surface area contributed by atoms with Crippen molar-refractivity contribution in [3.63, 3.8) is 0 Å². The van der Waals surface area contributed by atoms with Crippen molar-refractivity contribution in [1.29, 1.82) is 0 Å². The first-order valence-corrected chi connectivity index (χ1v) is 34.7. The molecule has 102 heavy (non-hydrogen) atoms. The third kappa shape index (κ3) is 15.3. The second-order valence-electron chi connectivity index (χ2n) is 28.6. The van der Waals surface area contributed by atoms with Gasteiger partial charge in [-0.15, -0.1) is 0 Å². The summed E-state index contributed by atoms with van der Waals surface area (Å²) in [5.41, 5.74) is 14.3. The number of hydrogen-bond donors (Lipinski definition) is 4. The number of nitrogens with one attached hydrogen (secondary N) is 3. The van der Waals surface area contributed by atoms with Crippen molar-refractivity contribution < 1.29 is 37.0 Å². The molecular formula is C71H75Br2F4N19O6. The lowest BCUT2D eigenvalue weighted by atomic mass is 9.73. The molecule has 5 N–H and O–H groups in total. The lowest BCUT2D eigenvalue weighted by molar-refractivity contribution is -0.389. The zero-order valence-corrected chi connectivity index (χ0v) is 59.7. The van der Waals surface area contributed by atoms with Crippen molar-refractivity contribution in [3.8, 4) is 22.5 Å². The van der Waals surface area contributed by atoms with Crippen LogP contribution in [0.5, 0.6) is 0 Å². The Morgan fingerprint density at radius 1 is 0.490 bits per heavy atom. The zero-order valence-electron chi connectivity index (χ0n) is 56.5. The summed E-state index contributed by atoms with van der Waals surface area (Å²) >= 11 is 6.35. The monoisotopic (exact) mass is 1520 g/mol. The van der Waals surface area contributed by atoms with Gasteiger partial charge in [0.05, 0.1) is 92.0 Å². The van der Waals surface area contributed by atoms with Gasteiger partial charge in [0, 0.05) is 155 Å². The van der Waals surface area contributed by atoms with Crippen LogP contribution in [-0.4, -0.2) is 204 Å². The normalized spacial score (nSPS) is 19.3. The van der Waals surface area contributed by atoms with E-state index >= 15 is 0 Å². The molecule has 25 nitrogen and oxygen atoms in total. The Bertz CT molecular complexity index is 4420. The summed E-state index contributed by atoms with van der Waals surface area (Å²) in [6.45, 7) is 19.3. The quantitative estimate of drug-likeness (QED) is 0.0599. The van der Waals surface area contributed by atoms with Crippen LogP contribution in [0.15, 0.2) is 131 Å². The van der Waals surface area contributed by atoms with Gasteiger partial charge in [-0.2, -0.15) is 0 Å². The second kappa shape index (κ2) is 28.9. The number of halogens is 6. The van der Waals surface area contributed by atoms with Gasteiger partial charge in [-0.05, 0) is 158 Å². The average Bonchev–Trinajstić information content (AvgIpc) is 1.07. The van der Waals surface area contributed by atoms with Gasteiger partial charge in [0.2, 0.25) is 0 Å². The first-order chi connectivity index (χ1) is 48.7. The molecule has 16 heterocycles. The van der Waals surface area contributed by atoms with E-state index in [4.69, 9.17) is 5.73 Å². The van der Waals surface area contributed by atoms with Gasteiger partial charge in [-0.25, -0.2) is 32.5 Å². The smallest absolute Gasteiger partial charge is 0.363 e. The maximum atomic E-state index is 14.4. The number of carbonyl (C=O) groups is 2. The van der Waals surface area contributed by atoms with Gasteiger partial charge in [-0.1, -0.05) is 12.1 Å². The largest absolute Gasteiger partial charge is 0.384 e. The highest BCUT2D eigenvalue weighted by molar-refractivity contribution is 9.10. The maximum Gasteiger partial charge on any atom is 0.363 e. The number of aromatic nitrogens is 6. The van der Waals surface area contributed by atoms with Gasteiger partial charge in [-0.3, -0.25) is 14.6 Å². The van der Waals surface area contributed by atoms with Gasteiger partial charge in [0.25, 0.3) is 11.8 Å². The van der Waals surface area contributed by atoms with E-state index in [9.17, 15) is 47.4 Å². The number of amides is 2. The number of anilines is 4. The van der Waals surface area contributed by atoms with Crippen LogP contribution < -0.4 is 36.4 Å². The number of pyridine rings is 6. The predicted molar refractivity (Wildman–Crippen MR) is 384 cm³/mol.